The molecule has 54 heavy (non-hydrogen) atoms. The van der Waals surface area contributed by atoms with Crippen molar-refractivity contribution in [2.24, 2.45) is 0 Å². The van der Waals surface area contributed by atoms with Crippen molar-refractivity contribution >= 4 is 96.0 Å². The van der Waals surface area contributed by atoms with Gasteiger partial charge in [-0.3, -0.25) is 28.8 Å². The minimum absolute atomic E-state index is 0.133. The Morgan fingerprint density at radius 3 is 0.685 bits per heavy atom. The first-order chi connectivity index (χ1) is 26.2. The fraction of sp³-hybridized carbons (Fsp3) is 0.0250. The molecule has 0 amide bonds. The molecule has 0 saturated heterocycles. The molecule has 266 valence electrons. The summed E-state index contributed by atoms with van der Waals surface area (Å²) >= 11 is 9.53. The molecule has 0 N–H and O–H groups in total. The van der Waals surface area contributed by atoms with Crippen LogP contribution in [0.5, 0.6) is 0 Å². The van der Waals surface area contributed by atoms with E-state index in [-0.39, 0.29) is 39.5 Å². The van der Waals surface area contributed by atoms with Crippen LogP contribution in [-0.4, -0.2) is 53.4 Å². The first kappa shape index (κ1) is 38.7. The minimum atomic E-state index is -2.32. The Bertz CT molecular complexity index is 2030. The molecule has 0 spiro atoms. The lowest BCUT2D eigenvalue weighted by atomic mass is 10.3. The summed E-state index contributed by atoms with van der Waals surface area (Å²) in [7, 11) is -6.97. The quantitative estimate of drug-likeness (QED) is 0.129. The molecule has 0 fully saturated rings. The van der Waals surface area contributed by atoms with Crippen molar-refractivity contribution in [3.8, 4) is 0 Å². The summed E-state index contributed by atoms with van der Waals surface area (Å²) in [6, 6.07) is 38.4. The summed E-state index contributed by atoms with van der Waals surface area (Å²) < 4.78 is 0. The third kappa shape index (κ3) is 8.37. The number of carbonyl (C=O) groups excluding carboxylic acids is 6. The van der Waals surface area contributed by atoms with E-state index in [9.17, 15) is 28.8 Å². The summed E-state index contributed by atoms with van der Waals surface area (Å²) in [6.07, 6.45) is 0. The second kappa shape index (κ2) is 17.9. The van der Waals surface area contributed by atoms with Crippen molar-refractivity contribution in [1.82, 2.24) is 15.0 Å². The third-order valence-corrected chi connectivity index (χ3v) is 14.1. The molecule has 3 aromatic carbocycles. The van der Waals surface area contributed by atoms with Crippen molar-refractivity contribution in [2.45, 2.75) is 0 Å². The number of hydrogen-bond acceptors (Lipinski definition) is 9. The molecule has 0 unspecified atom stereocenters. The molecule has 1 aliphatic rings. The minimum Gasteiger partial charge on any atom is -0.286 e. The van der Waals surface area contributed by atoms with E-state index in [1.807, 2.05) is 0 Å². The summed E-state index contributed by atoms with van der Waals surface area (Å²) in [5, 5.41) is 1.45. The van der Waals surface area contributed by atoms with Crippen LogP contribution in [0.25, 0.3) is 0 Å². The highest BCUT2D eigenvalue weighted by Gasteiger charge is 2.37. The van der Waals surface area contributed by atoms with Gasteiger partial charge in [-0.25, -0.2) is 15.0 Å². The number of pyridine rings is 3. The van der Waals surface area contributed by atoms with Crippen molar-refractivity contribution in [1.29, 1.82) is 0 Å². The Hall–Kier alpha value is -5.00. The lowest BCUT2D eigenvalue weighted by molar-refractivity contribution is 0.103. The molecule has 0 aliphatic carbocycles. The van der Waals surface area contributed by atoms with Gasteiger partial charge in [0.1, 0.15) is 34.2 Å². The highest BCUT2D eigenvalue weighted by Crippen LogP contribution is 2.46. The number of carbonyl (C=O) groups is 6. The Morgan fingerprint density at radius 2 is 0.500 bits per heavy atom. The van der Waals surface area contributed by atoms with Gasteiger partial charge < -0.3 is 0 Å². The highest BCUT2D eigenvalue weighted by atomic mass is 35.5. The van der Waals surface area contributed by atoms with Crippen molar-refractivity contribution < 1.29 is 28.8 Å². The van der Waals surface area contributed by atoms with Crippen LogP contribution in [-0.2, 0) is 0 Å². The van der Waals surface area contributed by atoms with Crippen LogP contribution in [0.2, 0.25) is 0 Å². The van der Waals surface area contributed by atoms with Crippen LogP contribution in [0.3, 0.4) is 0 Å². The summed E-state index contributed by atoms with van der Waals surface area (Å²) in [4.78, 5) is 99.2. The summed E-state index contributed by atoms with van der Waals surface area (Å²) in [5.41, 5.74) is -4.62. The van der Waals surface area contributed by atoms with E-state index in [1.165, 1.54) is 54.6 Å². The smallest absolute Gasteiger partial charge is 0.214 e. The maximum atomic E-state index is 14.3. The molecule has 7 rings (SSSR count). The lowest BCUT2D eigenvalue weighted by Gasteiger charge is -2.19. The van der Waals surface area contributed by atoms with E-state index in [0.29, 0.717) is 15.9 Å². The SMILES string of the molecule is ClCCl.O=C1c2cccc(n2)C(=O)P(c2ccccc2)C(=O)c2cccc(n2)C(=O)P(c2ccccc2)C(=O)c2cccc(n2)C(=O)P1c1ccccc1. The molecule has 9 nitrogen and oxygen atoms in total. The molecule has 14 heteroatoms. The van der Waals surface area contributed by atoms with Crippen LogP contribution in [0.4, 0.5) is 0 Å². The molecular formula is C40H26Cl2N3O6P3. The van der Waals surface area contributed by atoms with Gasteiger partial charge in [0, 0.05) is 0 Å². The number of fused-ring (bicyclic) bond motifs is 6. The number of halogens is 2. The molecule has 4 heterocycles. The van der Waals surface area contributed by atoms with Gasteiger partial charge in [0.25, 0.3) is 0 Å². The fourth-order valence-corrected chi connectivity index (χ4v) is 10.9. The van der Waals surface area contributed by atoms with Crippen LogP contribution < -0.4 is 15.9 Å². The van der Waals surface area contributed by atoms with E-state index in [4.69, 9.17) is 23.2 Å². The van der Waals surface area contributed by atoms with Gasteiger partial charge in [-0.05, 0) is 52.3 Å². The number of alkyl halides is 2. The second-order valence-electron chi connectivity index (χ2n) is 11.2. The van der Waals surface area contributed by atoms with Gasteiger partial charge in [0.15, 0.2) is 0 Å². The Morgan fingerprint density at radius 1 is 0.315 bits per heavy atom. The van der Waals surface area contributed by atoms with Crippen molar-refractivity contribution in [3.63, 3.8) is 0 Å². The average Bonchev–Trinajstić information content (AvgIpc) is 3.22. The molecule has 6 aromatic rings. The first-order valence-corrected chi connectivity index (χ1v) is 21.2. The maximum Gasteiger partial charge on any atom is 0.214 e. The monoisotopic (exact) mass is 807 g/mol. The standard InChI is InChI=1S/C39H24N3O6P3.CH2Cl2/c43-34-28-19-10-21-30(40-28)36(45)50(26-15-6-2-7-16-26)38(47)32-23-12-24-33(42-32)39(48)51(27-17-8-3-9-18-27)37(46)31-22-11-20-29(41-31)35(44)49(34)25-13-4-1-5-14-25;2-1-3/h1-24H;1H2. The van der Waals surface area contributed by atoms with Crippen molar-refractivity contribution in [2.75, 3.05) is 5.34 Å². The van der Waals surface area contributed by atoms with Crippen LogP contribution in [0.1, 0.15) is 62.9 Å². The Labute approximate surface area is 323 Å². The largest absolute Gasteiger partial charge is 0.286 e. The molecular weight excluding hydrogens is 782 g/mol. The van der Waals surface area contributed by atoms with Gasteiger partial charge in [0.2, 0.25) is 33.1 Å². The maximum absolute atomic E-state index is 14.3. The van der Waals surface area contributed by atoms with Gasteiger partial charge in [-0.15, -0.1) is 23.2 Å². The fourth-order valence-electron chi connectivity index (χ4n) is 5.42. The number of rotatable bonds is 3. The number of nitrogens with zero attached hydrogens (tertiary/aromatic N) is 3. The van der Waals surface area contributed by atoms with Crippen molar-refractivity contribution in [3.05, 3.63) is 180 Å². The molecule has 1 aliphatic heterocycles. The average molecular weight is 808 g/mol. The van der Waals surface area contributed by atoms with Crippen LogP contribution >= 0.6 is 47.0 Å². The van der Waals surface area contributed by atoms with Crippen LogP contribution in [0.15, 0.2) is 146 Å². The van der Waals surface area contributed by atoms with Gasteiger partial charge in [-0.1, -0.05) is 109 Å². The third-order valence-electron chi connectivity index (χ3n) is 7.82. The van der Waals surface area contributed by atoms with Crippen LogP contribution in [0, 0.1) is 0 Å². The second-order valence-corrected chi connectivity index (χ2v) is 18.0. The highest BCUT2D eigenvalue weighted by molar-refractivity contribution is 7.97. The van der Waals surface area contributed by atoms with E-state index in [0.717, 1.165) is 0 Å². The number of aromatic nitrogens is 3. The molecule has 6 bridgehead atoms. The van der Waals surface area contributed by atoms with Gasteiger partial charge in [-0.2, -0.15) is 0 Å². The molecule has 3 aromatic heterocycles. The summed E-state index contributed by atoms with van der Waals surface area (Å²) in [5.74, 6) is 0. The normalized spacial score (nSPS) is 17.6. The molecule has 0 atom stereocenters. The van der Waals surface area contributed by atoms with E-state index < -0.39 is 56.9 Å². The first-order valence-electron chi connectivity index (χ1n) is 16.1. The zero-order chi connectivity index (χ0) is 38.2. The zero-order valence-corrected chi connectivity index (χ0v) is 32.1. The number of benzene rings is 3. The zero-order valence-electron chi connectivity index (χ0n) is 28.0. The van der Waals surface area contributed by atoms with Gasteiger partial charge >= 0.3 is 0 Å². The molecule has 0 saturated carbocycles. The van der Waals surface area contributed by atoms with E-state index in [1.54, 1.807) is 91.0 Å². The van der Waals surface area contributed by atoms with Gasteiger partial charge in [0.05, 0.1) is 29.1 Å². The predicted octanol–water partition coefficient (Wildman–Crippen LogP) is 7.97. The Balaban J connectivity index is 0.00000160. The topological polar surface area (TPSA) is 141 Å². The van der Waals surface area contributed by atoms with E-state index >= 15 is 0 Å². The predicted molar refractivity (Wildman–Crippen MR) is 214 cm³/mol. The molecule has 0 radical (unpaired) electrons. The Kier molecular flexibility index (Phi) is 12.8. The summed E-state index contributed by atoms with van der Waals surface area (Å²) in [6.45, 7) is 0. The van der Waals surface area contributed by atoms with E-state index in [2.05, 4.69) is 15.0 Å². The lowest BCUT2D eigenvalue weighted by Crippen LogP contribution is -2.22. The number of hydrogen-bond donors (Lipinski definition) is 0.